The van der Waals surface area contributed by atoms with E-state index in [4.69, 9.17) is 11.6 Å². The monoisotopic (exact) mass is 373 g/mol. The summed E-state index contributed by atoms with van der Waals surface area (Å²) in [6.07, 6.45) is 2.12. The van der Waals surface area contributed by atoms with Crippen molar-refractivity contribution in [2.75, 3.05) is 25.0 Å². The lowest BCUT2D eigenvalue weighted by molar-refractivity contribution is -0.384. The molecule has 2 aromatic carbocycles. The number of nitrogens with zero attached hydrogens (tertiary/aromatic N) is 3. The quantitative estimate of drug-likeness (QED) is 0.584. The van der Waals surface area contributed by atoms with Crippen molar-refractivity contribution < 1.29 is 9.72 Å². The molecule has 0 bridgehead atoms. The van der Waals surface area contributed by atoms with Crippen LogP contribution in [0.3, 0.4) is 0 Å². The predicted molar refractivity (Wildman–Crippen MR) is 102 cm³/mol. The molecule has 0 atom stereocenters. The number of nitro groups is 1. The minimum absolute atomic E-state index is 0.0730. The van der Waals surface area contributed by atoms with E-state index in [-0.39, 0.29) is 11.6 Å². The normalized spacial score (nSPS) is 13.7. The van der Waals surface area contributed by atoms with Crippen LogP contribution in [0.15, 0.2) is 42.5 Å². The van der Waals surface area contributed by atoms with Gasteiger partial charge < -0.3 is 9.80 Å². The van der Waals surface area contributed by atoms with Gasteiger partial charge in [0.25, 0.3) is 11.6 Å². The van der Waals surface area contributed by atoms with Gasteiger partial charge in [0.1, 0.15) is 0 Å². The second-order valence-corrected chi connectivity index (χ2v) is 6.88. The number of benzene rings is 2. The Morgan fingerprint density at radius 1 is 1.19 bits per heavy atom. The molecule has 3 rings (SSSR count). The summed E-state index contributed by atoms with van der Waals surface area (Å²) in [4.78, 5) is 27.4. The number of carbonyl (C=O) groups excluding carboxylic acids is 1. The molecule has 0 radical (unpaired) electrons. The van der Waals surface area contributed by atoms with Gasteiger partial charge in [-0.2, -0.15) is 0 Å². The van der Waals surface area contributed by atoms with E-state index in [0.29, 0.717) is 17.1 Å². The highest BCUT2D eigenvalue weighted by molar-refractivity contribution is 6.30. The van der Waals surface area contributed by atoms with Gasteiger partial charge in [-0.3, -0.25) is 14.9 Å². The number of anilines is 1. The molecule has 1 fully saturated rings. The first kappa shape index (κ1) is 18.2. The largest absolute Gasteiger partial charge is 0.371 e. The maximum absolute atomic E-state index is 13.0. The Morgan fingerprint density at radius 2 is 1.85 bits per heavy atom. The summed E-state index contributed by atoms with van der Waals surface area (Å²) < 4.78 is 0. The molecule has 6 nitrogen and oxygen atoms in total. The fraction of sp³-hybridized carbons (Fsp3) is 0.316. The maximum Gasteiger partial charge on any atom is 0.270 e. The van der Waals surface area contributed by atoms with E-state index in [1.165, 1.54) is 12.1 Å². The third-order valence-corrected chi connectivity index (χ3v) is 4.80. The van der Waals surface area contributed by atoms with E-state index in [0.717, 1.165) is 37.2 Å². The van der Waals surface area contributed by atoms with Crippen LogP contribution in [0.4, 0.5) is 11.4 Å². The number of halogens is 1. The van der Waals surface area contributed by atoms with E-state index in [1.807, 2.05) is 12.1 Å². The van der Waals surface area contributed by atoms with Crippen LogP contribution in [0.2, 0.25) is 5.02 Å². The zero-order valence-electron chi connectivity index (χ0n) is 14.5. The number of carbonyl (C=O) groups is 1. The third kappa shape index (κ3) is 3.96. The van der Waals surface area contributed by atoms with Crippen LogP contribution in [0, 0.1) is 10.1 Å². The van der Waals surface area contributed by atoms with E-state index < -0.39 is 4.92 Å². The van der Waals surface area contributed by atoms with Crippen molar-refractivity contribution in [3.8, 4) is 0 Å². The molecule has 1 amide bonds. The Kier molecular flexibility index (Phi) is 5.42. The second kappa shape index (κ2) is 7.74. The van der Waals surface area contributed by atoms with Crippen molar-refractivity contribution in [2.45, 2.75) is 19.4 Å². The van der Waals surface area contributed by atoms with Crippen molar-refractivity contribution in [1.82, 2.24) is 4.90 Å². The summed E-state index contributed by atoms with van der Waals surface area (Å²) in [6, 6.07) is 11.8. The Balaban J connectivity index is 1.89. The molecule has 1 saturated heterocycles. The van der Waals surface area contributed by atoms with E-state index in [1.54, 1.807) is 30.1 Å². The molecule has 136 valence electrons. The van der Waals surface area contributed by atoms with Gasteiger partial charge in [-0.15, -0.1) is 0 Å². The van der Waals surface area contributed by atoms with Gasteiger partial charge >= 0.3 is 0 Å². The van der Waals surface area contributed by atoms with Crippen LogP contribution >= 0.6 is 11.6 Å². The van der Waals surface area contributed by atoms with Gasteiger partial charge in [0, 0.05) is 43.8 Å². The van der Waals surface area contributed by atoms with Gasteiger partial charge in [0.2, 0.25) is 0 Å². The highest BCUT2D eigenvalue weighted by Gasteiger charge is 2.24. The lowest BCUT2D eigenvalue weighted by Gasteiger charge is -2.24. The number of rotatable bonds is 5. The zero-order chi connectivity index (χ0) is 18.7. The average Bonchev–Trinajstić information content (AvgIpc) is 3.17. The highest BCUT2D eigenvalue weighted by Crippen LogP contribution is 2.29. The molecule has 2 aromatic rings. The maximum atomic E-state index is 13.0. The summed E-state index contributed by atoms with van der Waals surface area (Å²) >= 11 is 5.90. The van der Waals surface area contributed by atoms with Crippen molar-refractivity contribution in [2.24, 2.45) is 0 Å². The number of amides is 1. The van der Waals surface area contributed by atoms with Crippen molar-refractivity contribution in [3.05, 3.63) is 68.7 Å². The first-order valence-electron chi connectivity index (χ1n) is 8.49. The lowest BCUT2D eigenvalue weighted by atomic mass is 10.1. The SMILES string of the molecule is CN(Cc1ccc(Cl)cc1)C(=O)c1cc([N+](=O)[O-])ccc1N1CCCC1. The second-order valence-electron chi connectivity index (χ2n) is 6.44. The zero-order valence-corrected chi connectivity index (χ0v) is 15.3. The molecule has 0 aromatic heterocycles. The lowest BCUT2D eigenvalue weighted by Crippen LogP contribution is -2.29. The van der Waals surface area contributed by atoms with E-state index in [2.05, 4.69) is 4.90 Å². The molecule has 0 N–H and O–H groups in total. The number of hydrogen-bond donors (Lipinski definition) is 0. The standard InChI is InChI=1S/C19H20ClN3O3/c1-21(13-14-4-6-15(20)7-5-14)19(24)17-12-16(23(25)26)8-9-18(17)22-10-2-3-11-22/h4-9,12H,2-3,10-11,13H2,1H3. The fourth-order valence-corrected chi connectivity index (χ4v) is 3.31. The van der Waals surface area contributed by atoms with Crippen LogP contribution in [0.1, 0.15) is 28.8 Å². The molecule has 0 aliphatic carbocycles. The molecule has 1 aliphatic heterocycles. The summed E-state index contributed by atoms with van der Waals surface area (Å²) in [5.74, 6) is -0.231. The topological polar surface area (TPSA) is 66.7 Å². The summed E-state index contributed by atoms with van der Waals surface area (Å²) in [5, 5.41) is 11.8. The third-order valence-electron chi connectivity index (χ3n) is 4.55. The number of nitro benzene ring substituents is 1. The molecule has 0 saturated carbocycles. The van der Waals surface area contributed by atoms with Gasteiger partial charge in [0.05, 0.1) is 16.2 Å². The van der Waals surface area contributed by atoms with E-state index >= 15 is 0 Å². The number of non-ortho nitro benzene ring substituents is 1. The smallest absolute Gasteiger partial charge is 0.270 e. The minimum atomic E-state index is -0.469. The van der Waals surface area contributed by atoms with Gasteiger partial charge in [-0.25, -0.2) is 0 Å². The first-order chi connectivity index (χ1) is 12.5. The molecule has 0 spiro atoms. The predicted octanol–water partition coefficient (Wildman–Crippen LogP) is 4.12. The molecule has 0 unspecified atom stereocenters. The molecule has 1 aliphatic rings. The van der Waals surface area contributed by atoms with E-state index in [9.17, 15) is 14.9 Å². The summed E-state index contributed by atoms with van der Waals surface area (Å²) in [7, 11) is 1.70. The van der Waals surface area contributed by atoms with Crippen LogP contribution < -0.4 is 4.90 Å². The Bertz CT molecular complexity index is 817. The van der Waals surface area contributed by atoms with Crippen molar-refractivity contribution in [1.29, 1.82) is 0 Å². The number of hydrogen-bond acceptors (Lipinski definition) is 4. The van der Waals surface area contributed by atoms with Crippen molar-refractivity contribution in [3.63, 3.8) is 0 Å². The van der Waals surface area contributed by atoms with Gasteiger partial charge in [0.15, 0.2) is 0 Å². The highest BCUT2D eigenvalue weighted by atomic mass is 35.5. The summed E-state index contributed by atoms with van der Waals surface area (Å²) in [6.45, 7) is 2.12. The Labute approximate surface area is 157 Å². The first-order valence-corrected chi connectivity index (χ1v) is 8.87. The van der Waals surface area contributed by atoms with Crippen molar-refractivity contribution >= 4 is 28.9 Å². The van der Waals surface area contributed by atoms with Crippen LogP contribution in [-0.2, 0) is 6.54 Å². The van der Waals surface area contributed by atoms with Crippen LogP contribution in [-0.4, -0.2) is 35.9 Å². The fourth-order valence-electron chi connectivity index (χ4n) is 3.18. The molecule has 1 heterocycles. The van der Waals surface area contributed by atoms with Gasteiger partial charge in [-0.1, -0.05) is 23.7 Å². The minimum Gasteiger partial charge on any atom is -0.371 e. The molecular formula is C19H20ClN3O3. The molecule has 7 heteroatoms. The van der Waals surface area contributed by atoms with Gasteiger partial charge in [-0.05, 0) is 36.6 Å². The average molecular weight is 374 g/mol. The summed E-state index contributed by atoms with van der Waals surface area (Å²) in [5.41, 5.74) is 2.01. The molecule has 26 heavy (non-hydrogen) atoms. The van der Waals surface area contributed by atoms with Crippen LogP contribution in [0.25, 0.3) is 0 Å². The Morgan fingerprint density at radius 3 is 2.46 bits per heavy atom. The van der Waals surface area contributed by atoms with Crippen LogP contribution in [0.5, 0.6) is 0 Å². The Hall–Kier alpha value is -2.60. The molecular weight excluding hydrogens is 354 g/mol.